The maximum Gasteiger partial charge on any atom is 1.00 e. The van der Waals surface area contributed by atoms with Crippen LogP contribution < -0.4 is 40.0 Å². The van der Waals surface area contributed by atoms with Crippen LogP contribution in [0.25, 0.3) is 0 Å². The Balaban J connectivity index is 0. The Bertz CT molecular complexity index is 163. The van der Waals surface area contributed by atoms with Crippen LogP contribution in [0.15, 0.2) is 0 Å². The maximum absolute atomic E-state index is 10.7. The molecule has 0 aromatic carbocycles. The van der Waals surface area contributed by atoms with Gasteiger partial charge in [0.2, 0.25) is 0 Å². The van der Waals surface area contributed by atoms with Crippen molar-refractivity contribution in [1.82, 2.24) is 5.32 Å². The normalized spacial score (nSPS) is 12.3. The van der Waals surface area contributed by atoms with Crippen molar-refractivity contribution in [3.05, 3.63) is 0 Å². The summed E-state index contributed by atoms with van der Waals surface area (Å²) in [6, 6.07) is -0.480. The molecule has 1 N–H and O–H groups in total. The average molecular weight is 223 g/mol. The van der Waals surface area contributed by atoms with E-state index in [0.29, 0.717) is 12.3 Å². The predicted octanol–water partition coefficient (Wildman–Crippen LogP) is -2.07. The molecule has 0 aliphatic rings. The molecule has 0 saturated carbocycles. The van der Waals surface area contributed by atoms with Gasteiger partial charge in [0.25, 0.3) is 0 Å². The summed E-state index contributed by atoms with van der Waals surface area (Å²) in [7, 11) is 0. The van der Waals surface area contributed by atoms with Gasteiger partial charge in [-0.15, -0.1) is 0 Å². The first-order valence-corrected chi connectivity index (χ1v) is 5.52. The topological polar surface area (TPSA) is 52.2 Å². The van der Waals surface area contributed by atoms with Gasteiger partial charge in [0.15, 0.2) is 0 Å². The summed E-state index contributed by atoms with van der Waals surface area (Å²) in [5.74, 6) is -0.591. The number of unbranched alkanes of at least 4 members (excludes halogenated alkanes) is 2. The van der Waals surface area contributed by atoms with Crippen LogP contribution in [0.1, 0.15) is 46.5 Å². The molecule has 15 heavy (non-hydrogen) atoms. The Morgan fingerprint density at radius 3 is 2.33 bits per heavy atom. The first-order chi connectivity index (χ1) is 6.57. The molecule has 0 rings (SSSR count). The molecule has 0 amide bonds. The van der Waals surface area contributed by atoms with Crippen LogP contribution in [0.4, 0.5) is 0 Å². The Kier molecular flexibility index (Phi) is 13.0. The van der Waals surface area contributed by atoms with E-state index in [9.17, 15) is 9.90 Å². The van der Waals surface area contributed by atoms with E-state index in [-0.39, 0.29) is 29.6 Å². The van der Waals surface area contributed by atoms with Crippen molar-refractivity contribution in [2.24, 2.45) is 5.92 Å². The second-order valence-corrected chi connectivity index (χ2v) is 4.16. The summed E-state index contributed by atoms with van der Waals surface area (Å²) in [4.78, 5) is 10.7. The van der Waals surface area contributed by atoms with E-state index in [1.54, 1.807) is 0 Å². The van der Waals surface area contributed by atoms with Crippen LogP contribution in [0, 0.1) is 5.92 Å². The van der Waals surface area contributed by atoms with Crippen LogP contribution >= 0.6 is 0 Å². The third kappa shape index (κ3) is 10.7. The molecule has 0 aromatic rings. The second-order valence-electron chi connectivity index (χ2n) is 4.16. The van der Waals surface area contributed by atoms with Gasteiger partial charge in [-0.2, -0.15) is 0 Å². The molecular formula is C11H22NNaO2. The zero-order valence-corrected chi connectivity index (χ0v) is 12.5. The van der Waals surface area contributed by atoms with Crippen molar-refractivity contribution < 1.29 is 39.5 Å². The summed E-state index contributed by atoms with van der Waals surface area (Å²) < 4.78 is 0. The SMILES string of the molecule is CCCCCN[C@@H](CC(C)C)C(=O)[O-].[Na+]. The number of carbonyl (C=O) groups excluding carboxylic acids is 1. The zero-order chi connectivity index (χ0) is 11.0. The van der Waals surface area contributed by atoms with Crippen LogP contribution in [-0.4, -0.2) is 18.6 Å². The standard InChI is InChI=1S/C11H23NO2.Na/c1-4-5-6-7-12-10(11(13)14)8-9(2)3;/h9-10,12H,4-8H2,1-3H3,(H,13,14);/q;+1/p-1/t10-;/m0./s1. The molecule has 0 aromatic heterocycles. The molecule has 4 heteroatoms. The summed E-state index contributed by atoms with van der Waals surface area (Å²) >= 11 is 0. The summed E-state index contributed by atoms with van der Waals surface area (Å²) in [5.41, 5.74) is 0. The van der Waals surface area contributed by atoms with Gasteiger partial charge < -0.3 is 15.2 Å². The Hall–Kier alpha value is 0.430. The molecule has 0 aliphatic heterocycles. The molecule has 0 aliphatic carbocycles. The molecule has 0 saturated heterocycles. The van der Waals surface area contributed by atoms with Crippen LogP contribution in [-0.2, 0) is 4.79 Å². The first kappa shape index (κ1) is 17.8. The number of rotatable bonds is 8. The van der Waals surface area contributed by atoms with Gasteiger partial charge in [-0.25, -0.2) is 0 Å². The molecule has 0 spiro atoms. The average Bonchev–Trinajstić information content (AvgIpc) is 2.09. The van der Waals surface area contributed by atoms with E-state index in [2.05, 4.69) is 12.2 Å². The minimum Gasteiger partial charge on any atom is -0.548 e. The molecule has 1 atom stereocenters. The van der Waals surface area contributed by atoms with Gasteiger partial charge in [-0.05, 0) is 25.3 Å². The molecule has 0 fully saturated rings. The fourth-order valence-corrected chi connectivity index (χ4v) is 1.39. The monoisotopic (exact) mass is 223 g/mol. The molecule has 3 nitrogen and oxygen atoms in total. The van der Waals surface area contributed by atoms with Crippen molar-refractivity contribution in [3.63, 3.8) is 0 Å². The quantitative estimate of drug-likeness (QED) is 0.380. The minimum absolute atomic E-state index is 0. The second kappa shape index (κ2) is 10.9. The van der Waals surface area contributed by atoms with E-state index in [0.717, 1.165) is 25.8 Å². The van der Waals surface area contributed by atoms with E-state index in [4.69, 9.17) is 0 Å². The van der Waals surface area contributed by atoms with Crippen molar-refractivity contribution in [1.29, 1.82) is 0 Å². The number of carboxylic acids is 1. The third-order valence-corrected chi connectivity index (χ3v) is 2.16. The van der Waals surface area contributed by atoms with Crippen molar-refractivity contribution in [3.8, 4) is 0 Å². The number of hydrogen-bond donors (Lipinski definition) is 1. The van der Waals surface area contributed by atoms with Gasteiger partial charge in [0.05, 0.1) is 5.97 Å². The van der Waals surface area contributed by atoms with Crippen LogP contribution in [0.3, 0.4) is 0 Å². The minimum atomic E-state index is -0.977. The molecule has 84 valence electrons. The van der Waals surface area contributed by atoms with Gasteiger partial charge >= 0.3 is 29.6 Å². The number of hydrogen-bond acceptors (Lipinski definition) is 3. The number of aliphatic carboxylic acids is 1. The Morgan fingerprint density at radius 2 is 1.93 bits per heavy atom. The van der Waals surface area contributed by atoms with E-state index < -0.39 is 12.0 Å². The molecule has 0 bridgehead atoms. The van der Waals surface area contributed by atoms with E-state index in [1.165, 1.54) is 0 Å². The summed E-state index contributed by atoms with van der Waals surface area (Å²) in [6.45, 7) is 6.94. The van der Waals surface area contributed by atoms with Gasteiger partial charge in [-0.1, -0.05) is 33.6 Å². The van der Waals surface area contributed by atoms with Gasteiger partial charge in [0, 0.05) is 6.04 Å². The van der Waals surface area contributed by atoms with Crippen molar-refractivity contribution in [2.45, 2.75) is 52.5 Å². The van der Waals surface area contributed by atoms with Gasteiger partial charge in [0.1, 0.15) is 0 Å². The van der Waals surface area contributed by atoms with Crippen LogP contribution in [0.2, 0.25) is 0 Å². The molecular weight excluding hydrogens is 201 g/mol. The van der Waals surface area contributed by atoms with E-state index >= 15 is 0 Å². The smallest absolute Gasteiger partial charge is 0.548 e. The van der Waals surface area contributed by atoms with Gasteiger partial charge in [-0.3, -0.25) is 0 Å². The fraction of sp³-hybridized carbons (Fsp3) is 0.909. The van der Waals surface area contributed by atoms with Crippen molar-refractivity contribution in [2.75, 3.05) is 6.54 Å². The molecule has 0 unspecified atom stereocenters. The first-order valence-electron chi connectivity index (χ1n) is 5.52. The summed E-state index contributed by atoms with van der Waals surface area (Å²) in [6.07, 6.45) is 3.99. The number of carbonyl (C=O) groups is 1. The predicted molar refractivity (Wildman–Crippen MR) is 55.8 cm³/mol. The van der Waals surface area contributed by atoms with E-state index in [1.807, 2.05) is 13.8 Å². The summed E-state index contributed by atoms with van der Waals surface area (Å²) in [5, 5.41) is 13.7. The fourth-order valence-electron chi connectivity index (χ4n) is 1.39. The Morgan fingerprint density at radius 1 is 1.33 bits per heavy atom. The largest absolute Gasteiger partial charge is 1.00 e. The Labute approximate surface area is 115 Å². The maximum atomic E-state index is 10.7. The zero-order valence-electron chi connectivity index (χ0n) is 10.5. The molecule has 0 heterocycles. The van der Waals surface area contributed by atoms with Crippen molar-refractivity contribution >= 4 is 5.97 Å². The number of carboxylic acid groups (broad SMARTS) is 1. The molecule has 0 radical (unpaired) electrons. The third-order valence-electron chi connectivity index (χ3n) is 2.16. The number of nitrogens with one attached hydrogen (secondary N) is 1. The van der Waals surface area contributed by atoms with Crippen LogP contribution in [0.5, 0.6) is 0 Å².